The first-order valence-corrected chi connectivity index (χ1v) is 7.03. The number of nitrogens with zero attached hydrogens (tertiary/aromatic N) is 1. The first-order valence-electron chi connectivity index (χ1n) is 6.24. The standard InChI is InChI=1S/C14H19BrN2O2/c1-4-7-16-13(18)9-17(3)14(19)11-6-5-10(2)12(15)8-11/h5-6,8H,4,7,9H2,1-3H3,(H,16,18). The predicted octanol–water partition coefficient (Wildman–Crippen LogP) is 2.36. The minimum atomic E-state index is -0.160. The molecule has 1 rings (SSSR count). The molecule has 0 atom stereocenters. The fourth-order valence-corrected chi connectivity index (χ4v) is 1.93. The fourth-order valence-electron chi connectivity index (χ4n) is 1.55. The van der Waals surface area contributed by atoms with Gasteiger partial charge in [0, 0.05) is 23.6 Å². The lowest BCUT2D eigenvalue weighted by Gasteiger charge is -2.17. The number of nitrogens with one attached hydrogen (secondary N) is 1. The van der Waals surface area contributed by atoms with Crippen molar-refractivity contribution >= 4 is 27.7 Å². The third kappa shape index (κ3) is 4.67. The molecule has 0 unspecified atom stereocenters. The SMILES string of the molecule is CCCNC(=O)CN(C)C(=O)c1ccc(C)c(Br)c1. The van der Waals surface area contributed by atoms with Crippen molar-refractivity contribution in [2.24, 2.45) is 0 Å². The molecule has 0 bridgehead atoms. The number of likely N-dealkylation sites (N-methyl/N-ethyl adjacent to an activating group) is 1. The summed E-state index contributed by atoms with van der Waals surface area (Å²) in [6, 6.07) is 5.42. The average Bonchev–Trinajstić information content (AvgIpc) is 2.38. The van der Waals surface area contributed by atoms with Crippen molar-refractivity contribution in [2.75, 3.05) is 20.1 Å². The van der Waals surface area contributed by atoms with Crippen molar-refractivity contribution in [3.05, 3.63) is 33.8 Å². The lowest BCUT2D eigenvalue weighted by atomic mass is 10.1. The quantitative estimate of drug-likeness (QED) is 0.903. The summed E-state index contributed by atoms with van der Waals surface area (Å²) in [5, 5.41) is 2.75. The van der Waals surface area contributed by atoms with E-state index in [-0.39, 0.29) is 18.4 Å². The highest BCUT2D eigenvalue weighted by molar-refractivity contribution is 9.10. The number of hydrogen-bond acceptors (Lipinski definition) is 2. The monoisotopic (exact) mass is 326 g/mol. The highest BCUT2D eigenvalue weighted by Gasteiger charge is 2.15. The summed E-state index contributed by atoms with van der Waals surface area (Å²) in [7, 11) is 1.63. The van der Waals surface area contributed by atoms with E-state index >= 15 is 0 Å². The van der Waals surface area contributed by atoms with Gasteiger partial charge in [-0.2, -0.15) is 0 Å². The first-order chi connectivity index (χ1) is 8.95. The molecule has 1 N–H and O–H groups in total. The maximum absolute atomic E-state index is 12.1. The number of aryl methyl sites for hydroxylation is 1. The van der Waals surface area contributed by atoms with E-state index < -0.39 is 0 Å². The summed E-state index contributed by atoms with van der Waals surface area (Å²) in [6.07, 6.45) is 0.883. The summed E-state index contributed by atoms with van der Waals surface area (Å²) in [5.41, 5.74) is 1.64. The normalized spacial score (nSPS) is 10.1. The number of rotatable bonds is 5. The van der Waals surface area contributed by atoms with Crippen LogP contribution in [0.25, 0.3) is 0 Å². The Hall–Kier alpha value is -1.36. The number of benzene rings is 1. The van der Waals surface area contributed by atoms with E-state index in [1.807, 2.05) is 19.9 Å². The highest BCUT2D eigenvalue weighted by atomic mass is 79.9. The van der Waals surface area contributed by atoms with Crippen LogP contribution < -0.4 is 5.32 Å². The molecule has 0 aromatic heterocycles. The Bertz CT molecular complexity index is 475. The average molecular weight is 327 g/mol. The lowest BCUT2D eigenvalue weighted by Crippen LogP contribution is -2.38. The Morgan fingerprint density at radius 2 is 2.05 bits per heavy atom. The van der Waals surface area contributed by atoms with E-state index in [4.69, 9.17) is 0 Å². The van der Waals surface area contributed by atoms with Gasteiger partial charge in [-0.05, 0) is 31.0 Å². The Labute approximate surface area is 122 Å². The molecule has 0 saturated heterocycles. The third-order valence-corrected chi connectivity index (χ3v) is 3.57. The lowest BCUT2D eigenvalue weighted by molar-refractivity contribution is -0.121. The Kier molecular flexibility index (Phi) is 6.02. The van der Waals surface area contributed by atoms with Crippen LogP contribution in [0, 0.1) is 6.92 Å². The minimum absolute atomic E-state index is 0.0737. The van der Waals surface area contributed by atoms with Gasteiger partial charge in [0.25, 0.3) is 5.91 Å². The van der Waals surface area contributed by atoms with Crippen LogP contribution in [0.5, 0.6) is 0 Å². The summed E-state index contributed by atoms with van der Waals surface area (Å²) in [6.45, 7) is 4.65. The number of carbonyl (C=O) groups is 2. The molecule has 0 heterocycles. The number of carbonyl (C=O) groups excluding carboxylic acids is 2. The van der Waals surface area contributed by atoms with Gasteiger partial charge in [0.2, 0.25) is 5.91 Å². The molecule has 104 valence electrons. The van der Waals surface area contributed by atoms with Crippen LogP contribution in [0.3, 0.4) is 0 Å². The number of halogens is 1. The highest BCUT2D eigenvalue weighted by Crippen LogP contribution is 2.18. The van der Waals surface area contributed by atoms with Gasteiger partial charge in [-0.15, -0.1) is 0 Å². The van der Waals surface area contributed by atoms with Crippen LogP contribution in [0.2, 0.25) is 0 Å². The molecule has 4 nitrogen and oxygen atoms in total. The van der Waals surface area contributed by atoms with E-state index in [1.165, 1.54) is 4.90 Å². The van der Waals surface area contributed by atoms with E-state index in [2.05, 4.69) is 21.2 Å². The van der Waals surface area contributed by atoms with Gasteiger partial charge >= 0.3 is 0 Å². The summed E-state index contributed by atoms with van der Waals surface area (Å²) in [5.74, 6) is -0.295. The van der Waals surface area contributed by atoms with Crippen LogP contribution in [0.15, 0.2) is 22.7 Å². The van der Waals surface area contributed by atoms with Crippen molar-refractivity contribution < 1.29 is 9.59 Å². The van der Waals surface area contributed by atoms with Gasteiger partial charge in [-0.1, -0.05) is 28.9 Å². The molecule has 19 heavy (non-hydrogen) atoms. The predicted molar refractivity (Wildman–Crippen MR) is 79.1 cm³/mol. The second kappa shape index (κ2) is 7.28. The number of amides is 2. The van der Waals surface area contributed by atoms with E-state index in [9.17, 15) is 9.59 Å². The smallest absolute Gasteiger partial charge is 0.254 e. The molecule has 0 aliphatic heterocycles. The zero-order chi connectivity index (χ0) is 14.4. The largest absolute Gasteiger partial charge is 0.355 e. The van der Waals surface area contributed by atoms with Gasteiger partial charge < -0.3 is 10.2 Å². The Morgan fingerprint density at radius 1 is 1.37 bits per heavy atom. The van der Waals surface area contributed by atoms with Crippen molar-refractivity contribution in [3.8, 4) is 0 Å². The topological polar surface area (TPSA) is 49.4 Å². The molecule has 2 amide bonds. The number of hydrogen-bond donors (Lipinski definition) is 1. The second-order valence-electron chi connectivity index (χ2n) is 4.48. The molecule has 5 heteroatoms. The molecule has 0 radical (unpaired) electrons. The maximum atomic E-state index is 12.1. The molecule has 0 spiro atoms. The molecule has 0 saturated carbocycles. The maximum Gasteiger partial charge on any atom is 0.254 e. The van der Waals surface area contributed by atoms with Crippen LogP contribution in [-0.4, -0.2) is 36.9 Å². The van der Waals surface area contributed by atoms with E-state index in [0.717, 1.165) is 16.5 Å². The van der Waals surface area contributed by atoms with Crippen molar-refractivity contribution in [3.63, 3.8) is 0 Å². The minimum Gasteiger partial charge on any atom is -0.355 e. The summed E-state index contributed by atoms with van der Waals surface area (Å²) < 4.78 is 0.891. The van der Waals surface area contributed by atoms with Gasteiger partial charge in [0.1, 0.15) is 0 Å². The van der Waals surface area contributed by atoms with Gasteiger partial charge in [-0.3, -0.25) is 9.59 Å². The molecule has 1 aromatic rings. The molecule has 0 aliphatic carbocycles. The molecule has 0 fully saturated rings. The van der Waals surface area contributed by atoms with Crippen molar-refractivity contribution in [2.45, 2.75) is 20.3 Å². The summed E-state index contributed by atoms with van der Waals surface area (Å²) in [4.78, 5) is 25.1. The molecule has 0 aliphatic rings. The summed E-state index contributed by atoms with van der Waals surface area (Å²) >= 11 is 3.40. The van der Waals surface area contributed by atoms with Crippen molar-refractivity contribution in [1.29, 1.82) is 0 Å². The Morgan fingerprint density at radius 3 is 2.63 bits per heavy atom. The van der Waals surface area contributed by atoms with E-state index in [1.54, 1.807) is 19.2 Å². The molecular formula is C14H19BrN2O2. The first kappa shape index (κ1) is 15.7. The van der Waals surface area contributed by atoms with Crippen molar-refractivity contribution in [1.82, 2.24) is 10.2 Å². The van der Waals surface area contributed by atoms with Crippen LogP contribution in [-0.2, 0) is 4.79 Å². The third-order valence-electron chi connectivity index (χ3n) is 2.72. The molecular weight excluding hydrogens is 308 g/mol. The fraction of sp³-hybridized carbons (Fsp3) is 0.429. The molecule has 1 aromatic carbocycles. The van der Waals surface area contributed by atoms with E-state index in [0.29, 0.717) is 12.1 Å². The van der Waals surface area contributed by atoms with Gasteiger partial charge in [0.15, 0.2) is 0 Å². The Balaban J connectivity index is 2.66. The van der Waals surface area contributed by atoms with Crippen LogP contribution >= 0.6 is 15.9 Å². The van der Waals surface area contributed by atoms with Gasteiger partial charge in [-0.25, -0.2) is 0 Å². The van der Waals surface area contributed by atoms with Gasteiger partial charge in [0.05, 0.1) is 6.54 Å². The van der Waals surface area contributed by atoms with Crippen LogP contribution in [0.4, 0.5) is 0 Å². The van der Waals surface area contributed by atoms with Crippen LogP contribution in [0.1, 0.15) is 29.3 Å². The zero-order valence-electron chi connectivity index (χ0n) is 11.5. The second-order valence-corrected chi connectivity index (χ2v) is 5.33. The zero-order valence-corrected chi connectivity index (χ0v) is 13.1.